The topological polar surface area (TPSA) is 65.3 Å². The van der Waals surface area contributed by atoms with Crippen molar-refractivity contribution >= 4 is 23.2 Å². The highest BCUT2D eigenvalue weighted by Gasteiger charge is 2.55. The molecule has 0 spiro atoms. The average Bonchev–Trinajstić information content (AvgIpc) is 3.16. The van der Waals surface area contributed by atoms with Gasteiger partial charge in [0.2, 0.25) is 0 Å². The molecule has 1 saturated heterocycles. The second-order valence-corrected chi connectivity index (χ2v) is 6.33. The van der Waals surface area contributed by atoms with Gasteiger partial charge in [-0.05, 0) is 37.3 Å². The predicted molar refractivity (Wildman–Crippen MR) is 90.0 cm³/mol. The van der Waals surface area contributed by atoms with Gasteiger partial charge < -0.3 is 0 Å². The third-order valence-corrected chi connectivity index (χ3v) is 4.51. The van der Waals surface area contributed by atoms with Gasteiger partial charge in [0.15, 0.2) is 12.1 Å². The first-order valence-electron chi connectivity index (χ1n) is 8.09. The number of hydrogen-bond acceptors (Lipinski definition) is 5. The smallest absolute Gasteiger partial charge is 0.271 e. The van der Waals surface area contributed by atoms with Crippen LogP contribution in [0.1, 0.15) is 11.1 Å². The van der Waals surface area contributed by atoms with Crippen LogP contribution in [0.3, 0.4) is 0 Å². The van der Waals surface area contributed by atoms with Gasteiger partial charge in [-0.2, -0.15) is 18.3 Å². The Labute approximate surface area is 151 Å². The molecule has 0 saturated carbocycles. The van der Waals surface area contributed by atoms with Crippen LogP contribution in [0.25, 0.3) is 0 Å². The molecule has 27 heavy (non-hydrogen) atoms. The molecular weight excluding hydrogens is 361 g/mol. The molecule has 2 aliphatic heterocycles. The number of anilines is 2. The summed E-state index contributed by atoms with van der Waals surface area (Å²) in [6, 6.07) is 9.04. The first-order valence-corrected chi connectivity index (χ1v) is 8.09. The second kappa shape index (κ2) is 5.90. The van der Waals surface area contributed by atoms with Crippen molar-refractivity contribution in [3.8, 4) is 0 Å². The highest BCUT2D eigenvalue weighted by atomic mass is 19.4. The van der Waals surface area contributed by atoms with Crippen molar-refractivity contribution in [1.29, 1.82) is 0 Å². The molecule has 0 aromatic heterocycles. The fraction of sp³-hybridized carbons (Fsp3) is 0.222. The Morgan fingerprint density at radius 3 is 2.33 bits per heavy atom. The largest absolute Gasteiger partial charge is 0.416 e. The summed E-state index contributed by atoms with van der Waals surface area (Å²) < 4.78 is 38.9. The molecular formula is C18H13F3N4O2. The van der Waals surface area contributed by atoms with E-state index in [1.54, 1.807) is 24.3 Å². The molecule has 138 valence electrons. The number of alkyl halides is 3. The van der Waals surface area contributed by atoms with Crippen LogP contribution in [0.5, 0.6) is 0 Å². The molecule has 6 nitrogen and oxygen atoms in total. The van der Waals surface area contributed by atoms with E-state index < -0.39 is 35.6 Å². The number of benzene rings is 2. The summed E-state index contributed by atoms with van der Waals surface area (Å²) in [6.07, 6.45) is -4.53. The number of hydrogen-bond donors (Lipinski definition) is 0. The molecule has 9 heteroatoms. The second-order valence-electron chi connectivity index (χ2n) is 6.33. The maximum atomic E-state index is 13.0. The van der Waals surface area contributed by atoms with Gasteiger partial charge in [-0.15, -0.1) is 0 Å². The van der Waals surface area contributed by atoms with Crippen molar-refractivity contribution < 1.29 is 22.8 Å². The summed E-state index contributed by atoms with van der Waals surface area (Å²) in [5.74, 6) is -1.12. The van der Waals surface area contributed by atoms with Gasteiger partial charge in [0, 0.05) is 0 Å². The number of carbonyl (C=O) groups is 2. The number of amides is 2. The lowest BCUT2D eigenvalue weighted by molar-refractivity contribution is -0.137. The predicted octanol–water partition coefficient (Wildman–Crippen LogP) is 3.51. The number of nitrogens with zero attached hydrogens (tertiary/aromatic N) is 4. The number of fused-ring (bicyclic) bond motifs is 1. The fourth-order valence-electron chi connectivity index (χ4n) is 3.15. The van der Waals surface area contributed by atoms with E-state index in [9.17, 15) is 22.8 Å². The van der Waals surface area contributed by atoms with Crippen LogP contribution in [0.4, 0.5) is 24.5 Å². The minimum absolute atomic E-state index is 0.0491. The van der Waals surface area contributed by atoms with E-state index in [2.05, 4.69) is 10.3 Å². The Kier molecular flexibility index (Phi) is 3.76. The maximum Gasteiger partial charge on any atom is 0.416 e. The first kappa shape index (κ1) is 17.2. The molecule has 0 unspecified atom stereocenters. The zero-order chi connectivity index (χ0) is 19.3. The fourth-order valence-corrected chi connectivity index (χ4v) is 3.15. The lowest BCUT2D eigenvalue weighted by Gasteiger charge is -2.21. The first-order chi connectivity index (χ1) is 12.8. The molecule has 0 aliphatic carbocycles. The van der Waals surface area contributed by atoms with Crippen LogP contribution in [-0.4, -0.2) is 23.9 Å². The van der Waals surface area contributed by atoms with Crippen LogP contribution in [0, 0.1) is 6.92 Å². The lowest BCUT2D eigenvalue weighted by atomic mass is 10.1. The van der Waals surface area contributed by atoms with E-state index in [1.165, 1.54) is 12.1 Å². The lowest BCUT2D eigenvalue weighted by Crippen LogP contribution is -2.40. The van der Waals surface area contributed by atoms with Gasteiger partial charge in [0.25, 0.3) is 11.8 Å². The molecule has 0 bridgehead atoms. The van der Waals surface area contributed by atoms with Crippen LogP contribution in [0.2, 0.25) is 0 Å². The van der Waals surface area contributed by atoms with Crippen molar-refractivity contribution in [1.82, 2.24) is 0 Å². The highest BCUT2D eigenvalue weighted by molar-refractivity contribution is 6.26. The van der Waals surface area contributed by atoms with Crippen LogP contribution in [-0.2, 0) is 15.8 Å². The molecule has 2 aliphatic rings. The van der Waals surface area contributed by atoms with E-state index in [-0.39, 0.29) is 5.69 Å². The Morgan fingerprint density at radius 1 is 0.963 bits per heavy atom. The summed E-state index contributed by atoms with van der Waals surface area (Å²) >= 11 is 0. The quantitative estimate of drug-likeness (QED) is 0.756. The van der Waals surface area contributed by atoms with Gasteiger partial charge in [0.05, 0.1) is 16.9 Å². The van der Waals surface area contributed by atoms with Gasteiger partial charge in [-0.3, -0.25) is 9.59 Å². The Morgan fingerprint density at radius 2 is 1.67 bits per heavy atom. The Balaban J connectivity index is 1.69. The number of rotatable bonds is 2. The maximum absolute atomic E-state index is 13.0. The molecule has 0 N–H and O–H groups in total. The zero-order valence-corrected chi connectivity index (χ0v) is 14.0. The molecule has 2 amide bonds. The number of aryl methyl sites for hydroxylation is 1. The summed E-state index contributed by atoms with van der Waals surface area (Å²) in [5, 5.41) is 8.69. The molecule has 4 rings (SSSR count). The Hall–Kier alpha value is -3.23. The standard InChI is InChI=1S/C18H13F3N4O2/c1-10-5-7-12(8-6-10)24-16(26)14-15(17(24)27)25(23-22-14)13-4-2-3-11(9-13)18(19,20)21/h2-9,14-15H,1H3/t14-,15-/m0/s1. The molecule has 2 aromatic carbocycles. The van der Waals surface area contributed by atoms with E-state index in [0.717, 1.165) is 27.6 Å². The molecule has 0 radical (unpaired) electrons. The SMILES string of the molecule is Cc1ccc(N2C(=O)[C@H]3N=NN(c4cccc(C(F)(F)F)c4)[C@@H]3C2=O)cc1. The molecule has 1 fully saturated rings. The monoisotopic (exact) mass is 374 g/mol. The minimum Gasteiger partial charge on any atom is -0.271 e. The number of carbonyl (C=O) groups excluding carboxylic acids is 2. The third kappa shape index (κ3) is 2.75. The molecule has 2 aromatic rings. The van der Waals surface area contributed by atoms with Crippen LogP contribution >= 0.6 is 0 Å². The van der Waals surface area contributed by atoms with Crippen LogP contribution in [0.15, 0.2) is 58.9 Å². The molecule has 2 atom stereocenters. The summed E-state index contributed by atoms with van der Waals surface area (Å²) in [4.78, 5) is 26.5. The minimum atomic E-state index is -4.53. The van der Waals surface area contributed by atoms with E-state index in [0.29, 0.717) is 5.69 Å². The normalized spacial score (nSPS) is 21.9. The van der Waals surface area contributed by atoms with Crippen LogP contribution < -0.4 is 9.91 Å². The van der Waals surface area contributed by atoms with Gasteiger partial charge in [-0.1, -0.05) is 29.0 Å². The van der Waals surface area contributed by atoms with E-state index in [4.69, 9.17) is 0 Å². The summed E-state index contributed by atoms with van der Waals surface area (Å²) in [7, 11) is 0. The van der Waals surface area contributed by atoms with Gasteiger partial charge in [0.1, 0.15) is 0 Å². The van der Waals surface area contributed by atoms with Crippen molar-refractivity contribution in [2.24, 2.45) is 10.3 Å². The highest BCUT2D eigenvalue weighted by Crippen LogP contribution is 2.37. The summed E-state index contributed by atoms with van der Waals surface area (Å²) in [5.41, 5.74) is 0.534. The average molecular weight is 374 g/mol. The van der Waals surface area contributed by atoms with Crippen molar-refractivity contribution in [2.75, 3.05) is 9.91 Å². The van der Waals surface area contributed by atoms with E-state index >= 15 is 0 Å². The third-order valence-electron chi connectivity index (χ3n) is 4.51. The number of imide groups is 1. The van der Waals surface area contributed by atoms with Crippen molar-refractivity contribution in [3.63, 3.8) is 0 Å². The summed E-state index contributed by atoms with van der Waals surface area (Å²) in [6.45, 7) is 1.87. The molecule has 2 heterocycles. The Bertz CT molecular complexity index is 956. The van der Waals surface area contributed by atoms with Crippen molar-refractivity contribution in [2.45, 2.75) is 25.2 Å². The zero-order valence-electron chi connectivity index (χ0n) is 14.0. The van der Waals surface area contributed by atoms with Gasteiger partial charge >= 0.3 is 6.18 Å². The number of halogens is 3. The van der Waals surface area contributed by atoms with Crippen molar-refractivity contribution in [3.05, 3.63) is 59.7 Å². The van der Waals surface area contributed by atoms with E-state index in [1.807, 2.05) is 6.92 Å². The van der Waals surface area contributed by atoms with Gasteiger partial charge in [-0.25, -0.2) is 9.91 Å².